The maximum absolute atomic E-state index is 12.0. The summed E-state index contributed by atoms with van der Waals surface area (Å²) in [6, 6.07) is 15.5. The first-order chi connectivity index (χ1) is 12.0. The average molecular weight is 373 g/mol. The number of hydrogen-bond acceptors (Lipinski definition) is 3. The van der Waals surface area contributed by atoms with Crippen LogP contribution in [-0.2, 0) is 11.3 Å². The van der Waals surface area contributed by atoms with Gasteiger partial charge in [-0.15, -0.1) is 12.4 Å². The number of H-pyrrole nitrogens is 1. The third kappa shape index (κ3) is 4.84. The third-order valence-electron chi connectivity index (χ3n) is 4.15. The van der Waals surface area contributed by atoms with Crippen molar-refractivity contribution in [1.29, 1.82) is 0 Å². The summed E-state index contributed by atoms with van der Waals surface area (Å²) in [5.41, 5.74) is 9.92. The van der Waals surface area contributed by atoms with Crippen LogP contribution in [0.2, 0.25) is 0 Å². The van der Waals surface area contributed by atoms with Gasteiger partial charge in [-0.25, -0.2) is 4.98 Å². The summed E-state index contributed by atoms with van der Waals surface area (Å²) >= 11 is 0. The number of fused-ring (bicyclic) bond motifs is 1. The van der Waals surface area contributed by atoms with Gasteiger partial charge in [0, 0.05) is 12.1 Å². The van der Waals surface area contributed by atoms with E-state index in [1.165, 1.54) is 0 Å². The topological polar surface area (TPSA) is 83.8 Å². The van der Waals surface area contributed by atoms with Gasteiger partial charge in [-0.3, -0.25) is 4.79 Å². The molecule has 1 atom stereocenters. The molecule has 5 nitrogen and oxygen atoms in total. The van der Waals surface area contributed by atoms with Crippen molar-refractivity contribution >= 4 is 29.3 Å². The minimum Gasteiger partial charge on any atom is -0.351 e. The maximum Gasteiger partial charge on any atom is 0.237 e. The van der Waals surface area contributed by atoms with Gasteiger partial charge < -0.3 is 16.0 Å². The maximum atomic E-state index is 12.0. The van der Waals surface area contributed by atoms with Crippen molar-refractivity contribution in [3.05, 3.63) is 54.1 Å². The van der Waals surface area contributed by atoms with Gasteiger partial charge in [0.1, 0.15) is 5.82 Å². The Morgan fingerprint density at radius 1 is 1.15 bits per heavy atom. The van der Waals surface area contributed by atoms with Crippen LogP contribution in [0.15, 0.2) is 48.5 Å². The molecule has 0 spiro atoms. The summed E-state index contributed by atoms with van der Waals surface area (Å²) in [6.45, 7) is 4.60. The SMILES string of the molecule is CC(C)C[C@H](N)C(=O)NCc1ccc(-c2nc3ccccc3[nH]2)cc1.Cl. The minimum atomic E-state index is -0.449. The Bertz CT molecular complexity index is 825. The number of para-hydroxylation sites is 2. The summed E-state index contributed by atoms with van der Waals surface area (Å²) in [4.78, 5) is 19.9. The van der Waals surface area contributed by atoms with Gasteiger partial charge in [-0.1, -0.05) is 50.2 Å². The number of imidazole rings is 1. The van der Waals surface area contributed by atoms with E-state index in [-0.39, 0.29) is 18.3 Å². The smallest absolute Gasteiger partial charge is 0.237 e. The standard InChI is InChI=1S/C20H24N4O.ClH/c1-13(2)11-16(21)20(25)22-12-14-7-9-15(10-8-14)19-23-17-5-3-4-6-18(17)24-19;/h3-10,13,16H,11-12,21H2,1-2H3,(H,22,25)(H,23,24);1H/t16-;/m0./s1. The lowest BCUT2D eigenvalue weighted by Gasteiger charge is -2.14. The highest BCUT2D eigenvalue weighted by molar-refractivity contribution is 5.85. The van der Waals surface area contributed by atoms with Gasteiger partial charge >= 0.3 is 0 Å². The van der Waals surface area contributed by atoms with Crippen molar-refractivity contribution in [2.75, 3.05) is 0 Å². The number of nitrogens with zero attached hydrogens (tertiary/aromatic N) is 1. The zero-order valence-corrected chi connectivity index (χ0v) is 15.8. The van der Waals surface area contributed by atoms with Gasteiger partial charge in [-0.2, -0.15) is 0 Å². The van der Waals surface area contributed by atoms with Crippen LogP contribution in [0.25, 0.3) is 22.4 Å². The van der Waals surface area contributed by atoms with E-state index in [1.807, 2.05) is 48.5 Å². The zero-order valence-electron chi connectivity index (χ0n) is 15.0. The molecule has 3 aromatic rings. The third-order valence-corrected chi connectivity index (χ3v) is 4.15. The molecule has 26 heavy (non-hydrogen) atoms. The summed E-state index contributed by atoms with van der Waals surface area (Å²) in [5.74, 6) is 1.15. The molecular formula is C20H25ClN4O. The van der Waals surface area contributed by atoms with Crippen LogP contribution in [0.4, 0.5) is 0 Å². The fourth-order valence-electron chi connectivity index (χ4n) is 2.81. The van der Waals surface area contributed by atoms with Gasteiger partial charge in [-0.05, 0) is 30.0 Å². The van der Waals surface area contributed by atoms with Crippen LogP contribution in [0.3, 0.4) is 0 Å². The molecule has 0 fully saturated rings. The fourth-order valence-corrected chi connectivity index (χ4v) is 2.81. The molecule has 0 saturated carbocycles. The molecule has 0 radical (unpaired) electrons. The zero-order chi connectivity index (χ0) is 17.8. The van der Waals surface area contributed by atoms with Crippen LogP contribution in [0.1, 0.15) is 25.8 Å². The molecule has 0 aliphatic carbocycles. The molecule has 1 heterocycles. The van der Waals surface area contributed by atoms with E-state index in [1.54, 1.807) is 0 Å². The molecule has 138 valence electrons. The Hall–Kier alpha value is -2.37. The molecule has 2 aromatic carbocycles. The van der Waals surface area contributed by atoms with Crippen LogP contribution < -0.4 is 11.1 Å². The summed E-state index contributed by atoms with van der Waals surface area (Å²) in [7, 11) is 0. The first-order valence-electron chi connectivity index (χ1n) is 8.60. The highest BCUT2D eigenvalue weighted by Crippen LogP contribution is 2.20. The van der Waals surface area contributed by atoms with Gasteiger partial charge in [0.05, 0.1) is 17.1 Å². The van der Waals surface area contributed by atoms with E-state index in [0.29, 0.717) is 18.9 Å². The monoisotopic (exact) mass is 372 g/mol. The first-order valence-corrected chi connectivity index (χ1v) is 8.60. The Morgan fingerprint density at radius 3 is 2.50 bits per heavy atom. The quantitative estimate of drug-likeness (QED) is 0.617. The van der Waals surface area contributed by atoms with E-state index in [9.17, 15) is 4.79 Å². The molecular weight excluding hydrogens is 348 g/mol. The lowest BCUT2D eigenvalue weighted by Crippen LogP contribution is -2.40. The Morgan fingerprint density at radius 2 is 1.85 bits per heavy atom. The number of aromatic nitrogens is 2. The molecule has 0 aliphatic rings. The predicted molar refractivity (Wildman–Crippen MR) is 108 cm³/mol. The molecule has 0 aliphatic heterocycles. The molecule has 0 unspecified atom stereocenters. The fraction of sp³-hybridized carbons (Fsp3) is 0.300. The normalized spacial score (nSPS) is 12.0. The molecule has 6 heteroatoms. The van der Waals surface area contributed by atoms with Crippen molar-refractivity contribution in [1.82, 2.24) is 15.3 Å². The predicted octanol–water partition coefficient (Wildman–Crippen LogP) is 3.64. The lowest BCUT2D eigenvalue weighted by molar-refractivity contribution is -0.122. The second-order valence-corrected chi connectivity index (χ2v) is 6.75. The van der Waals surface area contributed by atoms with Crippen molar-refractivity contribution in [3.8, 4) is 11.4 Å². The van der Waals surface area contributed by atoms with E-state index < -0.39 is 6.04 Å². The van der Waals surface area contributed by atoms with Crippen LogP contribution in [0, 0.1) is 5.92 Å². The molecule has 1 aromatic heterocycles. The van der Waals surface area contributed by atoms with E-state index in [4.69, 9.17) is 5.73 Å². The Kier molecular flexibility index (Phi) is 6.77. The Labute approximate surface area is 159 Å². The van der Waals surface area contributed by atoms with Crippen LogP contribution in [0.5, 0.6) is 0 Å². The van der Waals surface area contributed by atoms with Gasteiger partial charge in [0.2, 0.25) is 5.91 Å². The number of benzene rings is 2. The number of carbonyl (C=O) groups excluding carboxylic acids is 1. The van der Waals surface area contributed by atoms with E-state index in [0.717, 1.165) is 28.0 Å². The molecule has 0 bridgehead atoms. The molecule has 4 N–H and O–H groups in total. The van der Waals surface area contributed by atoms with Gasteiger partial charge in [0.25, 0.3) is 0 Å². The highest BCUT2D eigenvalue weighted by Gasteiger charge is 2.14. The lowest BCUT2D eigenvalue weighted by atomic mass is 10.0. The van der Waals surface area contributed by atoms with Crippen molar-refractivity contribution in [2.45, 2.75) is 32.9 Å². The number of carbonyl (C=O) groups is 1. The van der Waals surface area contributed by atoms with Gasteiger partial charge in [0.15, 0.2) is 0 Å². The largest absolute Gasteiger partial charge is 0.351 e. The van der Waals surface area contributed by atoms with E-state index >= 15 is 0 Å². The van der Waals surface area contributed by atoms with Crippen LogP contribution in [-0.4, -0.2) is 21.9 Å². The number of amides is 1. The number of nitrogens with one attached hydrogen (secondary N) is 2. The second-order valence-electron chi connectivity index (χ2n) is 6.75. The molecule has 3 rings (SSSR count). The summed E-state index contributed by atoms with van der Waals surface area (Å²) in [6.07, 6.45) is 0.691. The summed E-state index contributed by atoms with van der Waals surface area (Å²) in [5, 5.41) is 2.90. The van der Waals surface area contributed by atoms with Crippen molar-refractivity contribution in [2.24, 2.45) is 11.7 Å². The van der Waals surface area contributed by atoms with Crippen LogP contribution >= 0.6 is 12.4 Å². The first kappa shape index (κ1) is 19.9. The average Bonchev–Trinajstić information content (AvgIpc) is 3.03. The number of aromatic amines is 1. The highest BCUT2D eigenvalue weighted by atomic mass is 35.5. The van der Waals surface area contributed by atoms with E-state index in [2.05, 4.69) is 29.1 Å². The van der Waals surface area contributed by atoms with Crippen molar-refractivity contribution in [3.63, 3.8) is 0 Å². The minimum absolute atomic E-state index is 0. The number of rotatable bonds is 6. The molecule has 1 amide bonds. The number of halogens is 1. The van der Waals surface area contributed by atoms with Crippen molar-refractivity contribution < 1.29 is 4.79 Å². The number of hydrogen-bond donors (Lipinski definition) is 3. The molecule has 0 saturated heterocycles. The number of nitrogens with two attached hydrogens (primary N) is 1. The second kappa shape index (κ2) is 8.83. The Balaban J connectivity index is 0.00000243. The summed E-state index contributed by atoms with van der Waals surface area (Å²) < 4.78 is 0.